The fourth-order valence-corrected chi connectivity index (χ4v) is 3.92. The van der Waals surface area contributed by atoms with Crippen molar-refractivity contribution in [3.63, 3.8) is 0 Å². The maximum atomic E-state index is 11.4. The van der Waals surface area contributed by atoms with Crippen LogP contribution in [0, 0.1) is 0 Å². The molecule has 3 heterocycles. The molecule has 1 atom stereocenters. The molecule has 134 valence electrons. The van der Waals surface area contributed by atoms with Gasteiger partial charge >= 0.3 is 0 Å². The molecule has 2 aliphatic rings. The van der Waals surface area contributed by atoms with E-state index in [9.17, 15) is 4.79 Å². The van der Waals surface area contributed by atoms with Crippen molar-refractivity contribution in [1.29, 1.82) is 0 Å². The van der Waals surface area contributed by atoms with Gasteiger partial charge in [0.1, 0.15) is 12.4 Å². The number of benzene rings is 1. The van der Waals surface area contributed by atoms with Gasteiger partial charge in [-0.05, 0) is 25.0 Å². The van der Waals surface area contributed by atoms with E-state index >= 15 is 0 Å². The average Bonchev–Trinajstić information content (AvgIpc) is 3.18. The molecule has 2 aliphatic heterocycles. The average molecular weight is 342 g/mol. The molecule has 25 heavy (non-hydrogen) atoms. The van der Waals surface area contributed by atoms with Crippen LogP contribution in [0.3, 0.4) is 0 Å². The number of fused-ring (bicyclic) bond motifs is 1. The van der Waals surface area contributed by atoms with Crippen molar-refractivity contribution in [3.8, 4) is 0 Å². The van der Waals surface area contributed by atoms with Gasteiger partial charge in [0.2, 0.25) is 5.91 Å². The first kappa shape index (κ1) is 16.5. The van der Waals surface area contributed by atoms with Crippen molar-refractivity contribution in [2.75, 3.05) is 26.2 Å². The second kappa shape index (κ2) is 6.77. The first-order valence-corrected chi connectivity index (χ1v) is 9.26. The summed E-state index contributed by atoms with van der Waals surface area (Å²) < 4.78 is 8.25. The number of aryl methyl sites for hydroxylation is 1. The first-order chi connectivity index (χ1) is 12.2. The number of carbonyl (C=O) groups excluding carboxylic acids is 1. The van der Waals surface area contributed by atoms with Gasteiger partial charge in [-0.15, -0.1) is 0 Å². The summed E-state index contributed by atoms with van der Waals surface area (Å²) in [5.74, 6) is 1.12. The van der Waals surface area contributed by atoms with Crippen molar-refractivity contribution >= 4 is 16.9 Å². The zero-order chi connectivity index (χ0) is 17.3. The highest BCUT2D eigenvalue weighted by Crippen LogP contribution is 2.28. The molecule has 6 heteroatoms. The van der Waals surface area contributed by atoms with Crippen LogP contribution >= 0.6 is 0 Å². The van der Waals surface area contributed by atoms with Crippen LogP contribution in [0.25, 0.3) is 11.0 Å². The van der Waals surface area contributed by atoms with Crippen LogP contribution in [0.1, 0.15) is 32.0 Å². The maximum absolute atomic E-state index is 11.4. The van der Waals surface area contributed by atoms with Crippen LogP contribution in [0.15, 0.2) is 24.3 Å². The number of unbranched alkanes of at least 4 members (excludes halogenated alkanes) is 1. The highest BCUT2D eigenvalue weighted by atomic mass is 16.5. The number of carbonyl (C=O) groups is 1. The van der Waals surface area contributed by atoms with Gasteiger partial charge in [-0.25, -0.2) is 4.98 Å². The molecule has 6 nitrogen and oxygen atoms in total. The van der Waals surface area contributed by atoms with E-state index in [1.807, 2.05) is 6.07 Å². The number of aromatic nitrogens is 2. The third-order valence-electron chi connectivity index (χ3n) is 5.35. The lowest BCUT2D eigenvalue weighted by Gasteiger charge is -2.33. The highest BCUT2D eigenvalue weighted by molar-refractivity contribution is 5.78. The molecule has 1 spiro atoms. The number of nitrogens with one attached hydrogen (secondary N) is 1. The van der Waals surface area contributed by atoms with Crippen molar-refractivity contribution in [3.05, 3.63) is 30.1 Å². The minimum atomic E-state index is -0.214. The predicted octanol–water partition coefficient (Wildman–Crippen LogP) is 1.93. The SMILES string of the molecule is CCCCn1c(CN2CCC3(CNC(=O)CO3)C2)nc2ccccc21. The Kier molecular flexibility index (Phi) is 4.48. The number of ether oxygens (including phenoxy) is 1. The molecule has 1 amide bonds. The topological polar surface area (TPSA) is 59.4 Å². The quantitative estimate of drug-likeness (QED) is 0.902. The molecule has 0 radical (unpaired) electrons. The minimum Gasteiger partial charge on any atom is -0.362 e. The van der Waals surface area contributed by atoms with Crippen LogP contribution in [0.2, 0.25) is 0 Å². The Morgan fingerprint density at radius 3 is 3.04 bits per heavy atom. The number of likely N-dealkylation sites (tertiary alicyclic amines) is 1. The molecule has 0 saturated carbocycles. The molecular formula is C19H26N4O2. The first-order valence-electron chi connectivity index (χ1n) is 9.26. The van der Waals surface area contributed by atoms with Crippen LogP contribution in [0.5, 0.6) is 0 Å². The Balaban J connectivity index is 1.52. The minimum absolute atomic E-state index is 0.00886. The smallest absolute Gasteiger partial charge is 0.246 e. The van der Waals surface area contributed by atoms with Gasteiger partial charge in [0.05, 0.1) is 23.2 Å². The fraction of sp³-hybridized carbons (Fsp3) is 0.579. The van der Waals surface area contributed by atoms with Crippen molar-refractivity contribution in [2.45, 2.75) is 44.9 Å². The summed E-state index contributed by atoms with van der Waals surface area (Å²) >= 11 is 0. The van der Waals surface area contributed by atoms with Crippen LogP contribution in [-0.4, -0.2) is 52.2 Å². The van der Waals surface area contributed by atoms with Gasteiger partial charge in [0.15, 0.2) is 0 Å². The Bertz CT molecular complexity index is 760. The fourth-order valence-electron chi connectivity index (χ4n) is 3.92. The Morgan fingerprint density at radius 2 is 2.24 bits per heavy atom. The molecule has 0 bridgehead atoms. The normalized spacial score (nSPS) is 24.3. The van der Waals surface area contributed by atoms with Gasteiger partial charge < -0.3 is 14.6 Å². The zero-order valence-corrected chi connectivity index (χ0v) is 14.8. The van der Waals surface area contributed by atoms with E-state index in [1.54, 1.807) is 0 Å². The van der Waals surface area contributed by atoms with E-state index in [-0.39, 0.29) is 18.1 Å². The van der Waals surface area contributed by atoms with Gasteiger partial charge in [0, 0.05) is 26.2 Å². The van der Waals surface area contributed by atoms with Crippen molar-refractivity contribution < 1.29 is 9.53 Å². The molecule has 1 unspecified atom stereocenters. The molecule has 2 saturated heterocycles. The van der Waals surface area contributed by atoms with Crippen LogP contribution < -0.4 is 5.32 Å². The highest BCUT2D eigenvalue weighted by Gasteiger charge is 2.42. The Hall–Kier alpha value is -1.92. The second-order valence-electron chi connectivity index (χ2n) is 7.23. The van der Waals surface area contributed by atoms with Gasteiger partial charge in [-0.3, -0.25) is 9.69 Å². The molecule has 1 aromatic heterocycles. The van der Waals surface area contributed by atoms with Crippen LogP contribution in [-0.2, 0) is 22.6 Å². The number of hydrogen-bond acceptors (Lipinski definition) is 4. The van der Waals surface area contributed by atoms with E-state index in [2.05, 4.69) is 39.9 Å². The summed E-state index contributed by atoms with van der Waals surface area (Å²) in [5, 5.41) is 2.95. The third-order valence-corrected chi connectivity index (χ3v) is 5.35. The van der Waals surface area contributed by atoms with E-state index in [0.717, 1.165) is 50.4 Å². The Morgan fingerprint density at radius 1 is 1.36 bits per heavy atom. The summed E-state index contributed by atoms with van der Waals surface area (Å²) in [6, 6.07) is 8.38. The Labute approximate surface area is 148 Å². The molecule has 2 fully saturated rings. The summed E-state index contributed by atoms with van der Waals surface area (Å²) in [5.41, 5.74) is 2.08. The van der Waals surface area contributed by atoms with Crippen molar-refractivity contribution in [1.82, 2.24) is 19.8 Å². The summed E-state index contributed by atoms with van der Waals surface area (Å²) in [6.45, 7) is 6.70. The predicted molar refractivity (Wildman–Crippen MR) is 96.2 cm³/mol. The number of hydrogen-bond donors (Lipinski definition) is 1. The molecule has 0 aliphatic carbocycles. The van der Waals surface area contributed by atoms with Crippen LogP contribution in [0.4, 0.5) is 0 Å². The van der Waals surface area contributed by atoms with Gasteiger partial charge in [-0.2, -0.15) is 0 Å². The zero-order valence-electron chi connectivity index (χ0n) is 14.8. The molecule has 4 rings (SSSR count). The molecule has 2 aromatic rings. The monoisotopic (exact) mass is 342 g/mol. The molecule has 1 aromatic carbocycles. The number of rotatable bonds is 5. The van der Waals surface area contributed by atoms with E-state index in [0.29, 0.717) is 6.54 Å². The van der Waals surface area contributed by atoms with E-state index < -0.39 is 0 Å². The number of morpholine rings is 1. The lowest BCUT2D eigenvalue weighted by molar-refractivity contribution is -0.142. The standard InChI is InChI=1S/C19H26N4O2/c1-2-3-9-23-16-7-5-4-6-15(16)21-17(23)11-22-10-8-19(14-22)13-20-18(24)12-25-19/h4-7H,2-3,8-14H2,1H3,(H,20,24). The van der Waals surface area contributed by atoms with Gasteiger partial charge in [0.25, 0.3) is 0 Å². The second-order valence-corrected chi connectivity index (χ2v) is 7.23. The lowest BCUT2D eigenvalue weighted by atomic mass is 10.0. The number of para-hydroxylation sites is 2. The van der Waals surface area contributed by atoms with Gasteiger partial charge in [-0.1, -0.05) is 25.5 Å². The number of amides is 1. The summed E-state index contributed by atoms with van der Waals surface area (Å²) in [7, 11) is 0. The third kappa shape index (κ3) is 3.28. The summed E-state index contributed by atoms with van der Waals surface area (Å²) in [4.78, 5) is 18.6. The van der Waals surface area contributed by atoms with E-state index in [4.69, 9.17) is 9.72 Å². The molecular weight excluding hydrogens is 316 g/mol. The summed E-state index contributed by atoms with van der Waals surface area (Å²) in [6.07, 6.45) is 3.29. The molecule has 1 N–H and O–H groups in total. The van der Waals surface area contributed by atoms with Crippen molar-refractivity contribution in [2.24, 2.45) is 0 Å². The van der Waals surface area contributed by atoms with E-state index in [1.165, 1.54) is 11.9 Å². The largest absolute Gasteiger partial charge is 0.362 e. The number of nitrogens with zero attached hydrogens (tertiary/aromatic N) is 3. The lowest BCUT2D eigenvalue weighted by Crippen LogP contribution is -2.53. The maximum Gasteiger partial charge on any atom is 0.246 e. The number of imidazole rings is 1.